The number of carbonyl (C=O) groups is 1. The molecule has 0 spiro atoms. The molecule has 14 nitrogen and oxygen atoms in total. The molecule has 2 fully saturated rings. The zero-order valence-electron chi connectivity index (χ0n) is 44.3. The first kappa shape index (κ1) is 64.8. The molecule has 14 heteroatoms. The Hall–Kier alpha value is -1.27. The number of unbranched alkanes of at least 4 members (excludes halogenated alkanes) is 33. The molecule has 2 heterocycles. The fourth-order valence-corrected chi connectivity index (χ4v) is 9.76. The minimum absolute atomic E-state index is 0.240. The topological polar surface area (TPSA) is 228 Å². The van der Waals surface area contributed by atoms with Crippen LogP contribution in [0.25, 0.3) is 0 Å². The van der Waals surface area contributed by atoms with Gasteiger partial charge in [-0.3, -0.25) is 4.79 Å². The number of amides is 1. The summed E-state index contributed by atoms with van der Waals surface area (Å²) in [7, 11) is 0. The highest BCUT2D eigenvalue weighted by atomic mass is 16.7. The van der Waals surface area contributed by atoms with Crippen LogP contribution in [-0.4, -0.2) is 140 Å². The zero-order chi connectivity index (χ0) is 51.0. The van der Waals surface area contributed by atoms with Gasteiger partial charge in [-0.2, -0.15) is 0 Å². The van der Waals surface area contributed by atoms with E-state index in [1.165, 1.54) is 167 Å². The SMILES string of the molecule is CCCCCC/C=C/C(O)C(COC1OC(CO)C(OC2OC(CO)C(O)C(O)C2O)C(O)C1O)NC(=O)CCCCCCCCCCCCCCCCCCCCCCCCCCCCCCCC. The van der Waals surface area contributed by atoms with Crippen LogP contribution in [0.1, 0.15) is 245 Å². The molecule has 2 saturated heterocycles. The van der Waals surface area contributed by atoms with Gasteiger partial charge in [0.1, 0.15) is 48.8 Å². The standard InChI is InChI=1S/C56H107NO13/c1-3-5-7-9-11-12-13-14-15-16-17-18-19-20-21-22-23-24-25-26-27-28-29-30-31-32-33-34-36-38-40-48(61)57-44(45(60)39-37-35-10-8-6-4-2)43-67-55-53(66)51(64)54(47(42-59)69-55)70-56-52(65)50(63)49(62)46(41-58)68-56/h37,39,44-47,49-56,58-60,62-66H,3-36,38,40-43H2,1-2H3,(H,57,61)/b39-37+. The summed E-state index contributed by atoms with van der Waals surface area (Å²) < 4.78 is 22.6. The average molecular weight is 1000 g/mol. The van der Waals surface area contributed by atoms with Crippen LogP contribution in [0, 0.1) is 0 Å². The second-order valence-electron chi connectivity index (χ2n) is 20.8. The van der Waals surface area contributed by atoms with E-state index in [0.717, 1.165) is 51.4 Å². The first-order valence-corrected chi connectivity index (χ1v) is 28.9. The molecule has 0 aromatic rings. The molecule has 70 heavy (non-hydrogen) atoms. The molecular formula is C56H107NO13. The van der Waals surface area contributed by atoms with E-state index in [4.69, 9.17) is 18.9 Å². The van der Waals surface area contributed by atoms with Gasteiger partial charge in [-0.25, -0.2) is 0 Å². The molecule has 2 aliphatic heterocycles. The van der Waals surface area contributed by atoms with Gasteiger partial charge in [-0.1, -0.05) is 231 Å². The predicted octanol–water partition coefficient (Wildman–Crippen LogP) is 9.11. The molecule has 0 aromatic carbocycles. The van der Waals surface area contributed by atoms with E-state index < -0.39 is 86.8 Å². The van der Waals surface area contributed by atoms with E-state index in [1.54, 1.807) is 6.08 Å². The smallest absolute Gasteiger partial charge is 0.220 e. The summed E-state index contributed by atoms with van der Waals surface area (Å²) >= 11 is 0. The zero-order valence-corrected chi connectivity index (χ0v) is 44.3. The Kier molecular flexibility index (Phi) is 39.9. The molecular weight excluding hydrogens is 895 g/mol. The molecule has 2 aliphatic rings. The van der Waals surface area contributed by atoms with Gasteiger partial charge in [0.15, 0.2) is 12.6 Å². The number of hydrogen-bond acceptors (Lipinski definition) is 13. The van der Waals surface area contributed by atoms with Crippen LogP contribution in [0.3, 0.4) is 0 Å². The van der Waals surface area contributed by atoms with E-state index in [-0.39, 0.29) is 18.9 Å². The van der Waals surface area contributed by atoms with E-state index in [0.29, 0.717) is 6.42 Å². The van der Waals surface area contributed by atoms with Crippen molar-refractivity contribution >= 4 is 5.91 Å². The van der Waals surface area contributed by atoms with Gasteiger partial charge in [-0.15, -0.1) is 0 Å². The highest BCUT2D eigenvalue weighted by molar-refractivity contribution is 5.76. The Morgan fingerprint density at radius 2 is 0.886 bits per heavy atom. The van der Waals surface area contributed by atoms with Crippen molar-refractivity contribution in [3.8, 4) is 0 Å². The van der Waals surface area contributed by atoms with E-state index >= 15 is 0 Å². The summed E-state index contributed by atoms with van der Waals surface area (Å²) in [6.07, 6.45) is 31.9. The maximum Gasteiger partial charge on any atom is 0.220 e. The molecule has 12 unspecified atom stereocenters. The molecule has 0 bridgehead atoms. The Bertz CT molecular complexity index is 1230. The number of aliphatic hydroxyl groups is 8. The molecule has 414 valence electrons. The van der Waals surface area contributed by atoms with Crippen LogP contribution >= 0.6 is 0 Å². The van der Waals surface area contributed by atoms with Crippen molar-refractivity contribution in [2.24, 2.45) is 0 Å². The summed E-state index contributed by atoms with van der Waals surface area (Å²) in [5, 5.41) is 86.4. The average Bonchev–Trinajstić information content (AvgIpc) is 3.36. The molecule has 0 radical (unpaired) electrons. The minimum Gasteiger partial charge on any atom is -0.394 e. The quantitative estimate of drug-likeness (QED) is 0.0205. The van der Waals surface area contributed by atoms with Gasteiger partial charge in [0, 0.05) is 6.42 Å². The molecule has 0 aliphatic carbocycles. The second-order valence-corrected chi connectivity index (χ2v) is 20.8. The Balaban J connectivity index is 1.57. The monoisotopic (exact) mass is 1000 g/mol. The Morgan fingerprint density at radius 3 is 1.31 bits per heavy atom. The van der Waals surface area contributed by atoms with Gasteiger partial charge in [-0.05, 0) is 19.3 Å². The third-order valence-corrected chi connectivity index (χ3v) is 14.5. The lowest BCUT2D eigenvalue weighted by Gasteiger charge is -2.46. The van der Waals surface area contributed by atoms with Crippen molar-refractivity contribution in [1.29, 1.82) is 0 Å². The number of nitrogens with one attached hydrogen (secondary N) is 1. The second kappa shape index (κ2) is 43.0. The lowest BCUT2D eigenvalue weighted by Crippen LogP contribution is -2.65. The van der Waals surface area contributed by atoms with Crippen LogP contribution in [-0.2, 0) is 23.7 Å². The Labute approximate surface area is 425 Å². The largest absolute Gasteiger partial charge is 0.394 e. The molecule has 0 aromatic heterocycles. The van der Waals surface area contributed by atoms with Crippen LogP contribution in [0.2, 0.25) is 0 Å². The maximum atomic E-state index is 13.1. The van der Waals surface area contributed by atoms with Crippen molar-refractivity contribution < 1.29 is 64.6 Å². The van der Waals surface area contributed by atoms with Crippen LogP contribution in [0.4, 0.5) is 0 Å². The number of ether oxygens (including phenoxy) is 4. The first-order valence-electron chi connectivity index (χ1n) is 28.9. The minimum atomic E-state index is -1.78. The van der Waals surface area contributed by atoms with Crippen molar-refractivity contribution in [3.05, 3.63) is 12.2 Å². The predicted molar refractivity (Wildman–Crippen MR) is 277 cm³/mol. The van der Waals surface area contributed by atoms with Gasteiger partial charge in [0.05, 0.1) is 32.0 Å². The molecule has 12 atom stereocenters. The number of rotatable bonds is 46. The highest BCUT2D eigenvalue weighted by Gasteiger charge is 2.51. The number of hydrogen-bond donors (Lipinski definition) is 9. The molecule has 1 amide bonds. The first-order chi connectivity index (χ1) is 34.1. The fraction of sp³-hybridized carbons (Fsp3) is 0.946. The normalized spacial score (nSPS) is 26.0. The van der Waals surface area contributed by atoms with E-state index in [1.807, 2.05) is 6.08 Å². The summed E-state index contributed by atoms with van der Waals surface area (Å²) in [5.41, 5.74) is 0. The van der Waals surface area contributed by atoms with Crippen molar-refractivity contribution in [3.63, 3.8) is 0 Å². The third-order valence-electron chi connectivity index (χ3n) is 14.5. The summed E-state index contributed by atoms with van der Waals surface area (Å²) in [5.74, 6) is -0.240. The van der Waals surface area contributed by atoms with E-state index in [2.05, 4.69) is 19.2 Å². The summed E-state index contributed by atoms with van der Waals surface area (Å²) in [4.78, 5) is 13.1. The van der Waals surface area contributed by atoms with Gasteiger partial charge < -0.3 is 65.1 Å². The van der Waals surface area contributed by atoms with Crippen molar-refractivity contribution in [1.82, 2.24) is 5.32 Å². The van der Waals surface area contributed by atoms with Gasteiger partial charge >= 0.3 is 0 Å². The summed E-state index contributed by atoms with van der Waals surface area (Å²) in [6.45, 7) is 2.72. The lowest BCUT2D eigenvalue weighted by atomic mass is 9.97. The number of aliphatic hydroxyl groups excluding tert-OH is 8. The fourth-order valence-electron chi connectivity index (χ4n) is 9.76. The molecule has 2 rings (SSSR count). The van der Waals surface area contributed by atoms with E-state index in [9.17, 15) is 45.6 Å². The van der Waals surface area contributed by atoms with Crippen molar-refractivity contribution in [2.45, 2.75) is 319 Å². The van der Waals surface area contributed by atoms with Crippen LogP contribution < -0.4 is 5.32 Å². The molecule has 0 saturated carbocycles. The number of carbonyl (C=O) groups excluding carboxylic acids is 1. The number of allylic oxidation sites excluding steroid dienone is 1. The van der Waals surface area contributed by atoms with Gasteiger partial charge in [0.2, 0.25) is 5.91 Å². The highest BCUT2D eigenvalue weighted by Crippen LogP contribution is 2.30. The van der Waals surface area contributed by atoms with Crippen LogP contribution in [0.15, 0.2) is 12.2 Å². The van der Waals surface area contributed by atoms with Crippen LogP contribution in [0.5, 0.6) is 0 Å². The van der Waals surface area contributed by atoms with Gasteiger partial charge in [0.25, 0.3) is 0 Å². The summed E-state index contributed by atoms with van der Waals surface area (Å²) in [6, 6.07) is -0.906. The Morgan fingerprint density at radius 1 is 0.500 bits per heavy atom. The third kappa shape index (κ3) is 29.0. The lowest BCUT2D eigenvalue weighted by molar-refractivity contribution is -0.359. The molecule has 9 N–H and O–H groups in total. The van der Waals surface area contributed by atoms with Crippen molar-refractivity contribution in [2.75, 3.05) is 19.8 Å². The maximum absolute atomic E-state index is 13.1.